The van der Waals surface area contributed by atoms with Crippen molar-refractivity contribution in [2.45, 2.75) is 19.3 Å². The number of benzene rings is 6. The van der Waals surface area contributed by atoms with Crippen molar-refractivity contribution in [1.82, 2.24) is 19.5 Å². The highest BCUT2D eigenvalue weighted by molar-refractivity contribution is 6.10. The van der Waals surface area contributed by atoms with Gasteiger partial charge < -0.3 is 8.98 Å². The largest absolute Gasteiger partial charge is 0.436 e. The molecule has 5 nitrogen and oxygen atoms in total. The zero-order valence-electron chi connectivity index (χ0n) is 27.1. The third-order valence-corrected chi connectivity index (χ3v) is 10.0. The molecule has 1 aliphatic rings. The van der Waals surface area contributed by atoms with Crippen molar-refractivity contribution in [3.05, 3.63) is 157 Å². The number of nitrogens with zero attached hydrogens (tertiary/aromatic N) is 4. The average Bonchev–Trinajstić information content (AvgIpc) is 3.80. The molecule has 0 N–H and O–H groups in total. The number of hydrogen-bond acceptors (Lipinski definition) is 4. The summed E-state index contributed by atoms with van der Waals surface area (Å²) in [6.45, 7) is 4.58. The maximum absolute atomic E-state index is 6.14. The molecule has 3 heterocycles. The summed E-state index contributed by atoms with van der Waals surface area (Å²) < 4.78 is 8.49. The molecule has 0 radical (unpaired) electrons. The Hall–Kier alpha value is -6.33. The highest BCUT2D eigenvalue weighted by atomic mass is 16.3. The Bertz CT molecular complexity index is 2720. The van der Waals surface area contributed by atoms with Crippen molar-refractivity contribution < 1.29 is 4.42 Å². The van der Waals surface area contributed by atoms with Crippen LogP contribution in [-0.4, -0.2) is 19.5 Å². The number of rotatable bonds is 4. The average molecular weight is 631 g/mol. The van der Waals surface area contributed by atoms with Crippen LogP contribution in [0, 0.1) is 0 Å². The molecule has 0 aliphatic heterocycles. The fourth-order valence-corrected chi connectivity index (χ4v) is 7.72. The molecule has 9 aromatic rings. The van der Waals surface area contributed by atoms with Crippen molar-refractivity contribution in [3.63, 3.8) is 0 Å². The first-order valence-electron chi connectivity index (χ1n) is 16.6. The SMILES string of the molecule is CC1(C)c2ccccc2-c2nc(-c3cccc(-c4nc5ccccc5o4)c3)nc(-c3ccc4c(c3)c3ccccc3n4-c3ccccc3)c21. The maximum atomic E-state index is 6.14. The summed E-state index contributed by atoms with van der Waals surface area (Å²) in [5, 5.41) is 2.40. The molecular weight excluding hydrogens is 601 g/mol. The quantitative estimate of drug-likeness (QED) is 0.194. The number of aromatic nitrogens is 4. The first-order valence-corrected chi connectivity index (χ1v) is 16.6. The highest BCUT2D eigenvalue weighted by Gasteiger charge is 2.40. The summed E-state index contributed by atoms with van der Waals surface area (Å²) in [5.74, 6) is 1.25. The second-order valence-electron chi connectivity index (χ2n) is 13.3. The van der Waals surface area contributed by atoms with Gasteiger partial charge in [0.2, 0.25) is 5.89 Å². The van der Waals surface area contributed by atoms with E-state index in [0.717, 1.165) is 61.5 Å². The van der Waals surface area contributed by atoms with E-state index in [-0.39, 0.29) is 5.41 Å². The standard InChI is InChI=1S/C44H30N4O/c1-44(2)34-19-8-6-18-32(34)41-39(44)40(46-42(47-41)28-13-12-14-29(25-28)43-45-35-20-9-11-22-38(35)49-43)27-23-24-37-33(26-27)31-17-7-10-21-36(31)48(37)30-15-4-3-5-16-30/h3-26H,1-2H3. The lowest BCUT2D eigenvalue weighted by atomic mass is 9.80. The van der Waals surface area contributed by atoms with Gasteiger partial charge in [-0.05, 0) is 60.2 Å². The van der Waals surface area contributed by atoms with Crippen LogP contribution in [0.2, 0.25) is 0 Å². The molecule has 0 saturated carbocycles. The van der Waals surface area contributed by atoms with Crippen LogP contribution in [-0.2, 0) is 5.41 Å². The van der Waals surface area contributed by atoms with Gasteiger partial charge in [0.05, 0.1) is 22.4 Å². The molecule has 5 heteroatoms. The number of para-hydroxylation sites is 4. The van der Waals surface area contributed by atoms with E-state index in [0.29, 0.717) is 11.7 Å². The monoisotopic (exact) mass is 630 g/mol. The molecule has 0 atom stereocenters. The summed E-state index contributed by atoms with van der Waals surface area (Å²) in [4.78, 5) is 15.5. The van der Waals surface area contributed by atoms with Gasteiger partial charge in [0, 0.05) is 49.7 Å². The predicted octanol–water partition coefficient (Wildman–Crippen LogP) is 11.0. The van der Waals surface area contributed by atoms with Crippen LogP contribution >= 0.6 is 0 Å². The molecule has 10 rings (SSSR count). The third kappa shape index (κ3) is 4.15. The molecule has 0 spiro atoms. The van der Waals surface area contributed by atoms with Gasteiger partial charge in [-0.25, -0.2) is 15.0 Å². The minimum Gasteiger partial charge on any atom is -0.436 e. The Morgan fingerprint density at radius 2 is 1.29 bits per heavy atom. The van der Waals surface area contributed by atoms with E-state index in [1.807, 2.05) is 36.4 Å². The third-order valence-electron chi connectivity index (χ3n) is 10.0. The second kappa shape index (κ2) is 10.3. The van der Waals surface area contributed by atoms with Gasteiger partial charge in [-0.2, -0.15) is 0 Å². The van der Waals surface area contributed by atoms with Crippen molar-refractivity contribution >= 4 is 32.9 Å². The maximum Gasteiger partial charge on any atom is 0.227 e. The summed E-state index contributed by atoms with van der Waals surface area (Å²) in [5.41, 5.74) is 13.2. The molecule has 49 heavy (non-hydrogen) atoms. The van der Waals surface area contributed by atoms with E-state index >= 15 is 0 Å². The molecule has 0 bridgehead atoms. The Morgan fingerprint density at radius 1 is 0.551 bits per heavy atom. The minimum atomic E-state index is -0.285. The zero-order valence-corrected chi connectivity index (χ0v) is 27.1. The number of fused-ring (bicyclic) bond motifs is 7. The van der Waals surface area contributed by atoms with Gasteiger partial charge in [-0.3, -0.25) is 0 Å². The van der Waals surface area contributed by atoms with Gasteiger partial charge in [0.15, 0.2) is 11.4 Å². The minimum absolute atomic E-state index is 0.285. The topological polar surface area (TPSA) is 56.7 Å². The van der Waals surface area contributed by atoms with Crippen molar-refractivity contribution in [2.75, 3.05) is 0 Å². The van der Waals surface area contributed by atoms with E-state index < -0.39 is 0 Å². The molecule has 232 valence electrons. The molecule has 3 aromatic heterocycles. The molecule has 0 amide bonds. The fraction of sp³-hybridized carbons (Fsp3) is 0.0682. The van der Waals surface area contributed by atoms with Crippen molar-refractivity contribution in [2.24, 2.45) is 0 Å². The Balaban J connectivity index is 1.21. The van der Waals surface area contributed by atoms with Crippen molar-refractivity contribution in [1.29, 1.82) is 0 Å². The van der Waals surface area contributed by atoms with Crippen LogP contribution in [0.5, 0.6) is 0 Å². The molecule has 6 aromatic carbocycles. The molecule has 0 unspecified atom stereocenters. The van der Waals surface area contributed by atoms with E-state index in [4.69, 9.17) is 19.4 Å². The van der Waals surface area contributed by atoms with Crippen LogP contribution in [0.4, 0.5) is 0 Å². The first kappa shape index (κ1) is 27.8. The summed E-state index contributed by atoms with van der Waals surface area (Å²) in [6.07, 6.45) is 0. The predicted molar refractivity (Wildman–Crippen MR) is 198 cm³/mol. The normalized spacial score (nSPS) is 13.3. The molecular formula is C44H30N4O. The smallest absolute Gasteiger partial charge is 0.227 e. The second-order valence-corrected chi connectivity index (χ2v) is 13.3. The van der Waals surface area contributed by atoms with E-state index in [9.17, 15) is 0 Å². The fourth-order valence-electron chi connectivity index (χ4n) is 7.72. The van der Waals surface area contributed by atoms with Gasteiger partial charge in [0.25, 0.3) is 0 Å². The molecule has 0 fully saturated rings. The van der Waals surface area contributed by atoms with Crippen LogP contribution < -0.4 is 0 Å². The van der Waals surface area contributed by atoms with E-state index in [1.165, 1.54) is 21.9 Å². The van der Waals surface area contributed by atoms with Crippen LogP contribution in [0.15, 0.2) is 150 Å². The van der Waals surface area contributed by atoms with Gasteiger partial charge in [0.1, 0.15) is 5.52 Å². The molecule has 1 aliphatic carbocycles. The van der Waals surface area contributed by atoms with E-state index in [2.05, 4.69) is 128 Å². The first-order chi connectivity index (χ1) is 24.0. The number of oxazole rings is 1. The summed E-state index contributed by atoms with van der Waals surface area (Å²) >= 11 is 0. The Kier molecular flexibility index (Phi) is 5.85. The molecule has 0 saturated heterocycles. The lowest BCUT2D eigenvalue weighted by Gasteiger charge is -2.24. The van der Waals surface area contributed by atoms with Gasteiger partial charge in [-0.1, -0.05) is 105 Å². The highest BCUT2D eigenvalue weighted by Crippen LogP contribution is 2.51. The summed E-state index contributed by atoms with van der Waals surface area (Å²) in [6, 6.07) is 50.7. The van der Waals surface area contributed by atoms with Crippen LogP contribution in [0.1, 0.15) is 25.0 Å². The lowest BCUT2D eigenvalue weighted by molar-refractivity contribution is 0.620. The van der Waals surface area contributed by atoms with Gasteiger partial charge >= 0.3 is 0 Å². The van der Waals surface area contributed by atoms with Gasteiger partial charge in [-0.15, -0.1) is 0 Å². The Morgan fingerprint density at radius 3 is 2.18 bits per heavy atom. The zero-order chi connectivity index (χ0) is 32.7. The van der Waals surface area contributed by atoms with Crippen LogP contribution in [0.25, 0.3) is 83.9 Å². The lowest BCUT2D eigenvalue weighted by Crippen LogP contribution is -2.17. The number of hydrogen-bond donors (Lipinski definition) is 0. The van der Waals surface area contributed by atoms with Crippen LogP contribution in [0.3, 0.4) is 0 Å². The summed E-state index contributed by atoms with van der Waals surface area (Å²) in [7, 11) is 0. The van der Waals surface area contributed by atoms with Crippen molar-refractivity contribution in [3.8, 4) is 51.0 Å². The van der Waals surface area contributed by atoms with E-state index in [1.54, 1.807) is 0 Å². The Labute approximate surface area is 283 Å².